The topological polar surface area (TPSA) is 98.3 Å². The van der Waals surface area contributed by atoms with Crippen molar-refractivity contribution in [3.8, 4) is 22.8 Å². The SMILES string of the molecule is COc1ccc(CCNC(=O)c2ccc(C)c(Nc3nccc(-c4cccnc4)n3)c2)cc1OC. The van der Waals surface area contributed by atoms with Crippen LogP contribution in [0.1, 0.15) is 21.5 Å². The Labute approximate surface area is 204 Å². The van der Waals surface area contributed by atoms with Gasteiger partial charge in [-0.1, -0.05) is 12.1 Å². The first kappa shape index (κ1) is 23.7. The zero-order chi connectivity index (χ0) is 24.6. The van der Waals surface area contributed by atoms with E-state index in [0.29, 0.717) is 36.0 Å². The fourth-order valence-corrected chi connectivity index (χ4v) is 3.57. The smallest absolute Gasteiger partial charge is 0.251 e. The molecule has 178 valence electrons. The summed E-state index contributed by atoms with van der Waals surface area (Å²) in [5.74, 6) is 1.63. The minimum atomic E-state index is -0.154. The number of amides is 1. The quantitative estimate of drug-likeness (QED) is 0.370. The van der Waals surface area contributed by atoms with Crippen LogP contribution in [0.5, 0.6) is 11.5 Å². The number of aromatic nitrogens is 3. The number of ether oxygens (including phenoxy) is 2. The molecule has 0 saturated carbocycles. The molecule has 0 aliphatic heterocycles. The van der Waals surface area contributed by atoms with Crippen LogP contribution in [0.15, 0.2) is 73.2 Å². The maximum atomic E-state index is 12.8. The molecule has 2 N–H and O–H groups in total. The van der Waals surface area contributed by atoms with Crippen molar-refractivity contribution >= 4 is 17.5 Å². The van der Waals surface area contributed by atoms with E-state index in [-0.39, 0.29) is 5.91 Å². The Kier molecular flexibility index (Phi) is 7.52. The second kappa shape index (κ2) is 11.1. The molecule has 4 rings (SSSR count). The molecule has 0 aliphatic carbocycles. The number of carbonyl (C=O) groups excluding carboxylic acids is 1. The zero-order valence-electron chi connectivity index (χ0n) is 19.9. The lowest BCUT2D eigenvalue weighted by Gasteiger charge is -2.12. The van der Waals surface area contributed by atoms with Gasteiger partial charge in [0.2, 0.25) is 5.95 Å². The van der Waals surface area contributed by atoms with Crippen LogP contribution in [0.25, 0.3) is 11.3 Å². The van der Waals surface area contributed by atoms with E-state index in [2.05, 4.69) is 25.6 Å². The Morgan fingerprint density at radius 1 is 0.971 bits per heavy atom. The average molecular weight is 470 g/mol. The lowest BCUT2D eigenvalue weighted by Crippen LogP contribution is -2.25. The Morgan fingerprint density at radius 3 is 2.60 bits per heavy atom. The largest absolute Gasteiger partial charge is 0.493 e. The number of methoxy groups -OCH3 is 2. The van der Waals surface area contributed by atoms with Crippen molar-refractivity contribution in [2.24, 2.45) is 0 Å². The first-order chi connectivity index (χ1) is 17.1. The van der Waals surface area contributed by atoms with Gasteiger partial charge in [0.05, 0.1) is 19.9 Å². The molecular formula is C27H27N5O3. The summed E-state index contributed by atoms with van der Waals surface area (Å²) in [7, 11) is 3.21. The summed E-state index contributed by atoms with van der Waals surface area (Å²) >= 11 is 0. The number of aryl methyl sites for hydroxylation is 1. The highest BCUT2D eigenvalue weighted by Crippen LogP contribution is 2.27. The van der Waals surface area contributed by atoms with Crippen LogP contribution in [0.3, 0.4) is 0 Å². The van der Waals surface area contributed by atoms with Crippen molar-refractivity contribution in [3.05, 3.63) is 89.9 Å². The second-order valence-electron chi connectivity index (χ2n) is 7.86. The van der Waals surface area contributed by atoms with Crippen LogP contribution >= 0.6 is 0 Å². The predicted molar refractivity (Wildman–Crippen MR) is 135 cm³/mol. The number of anilines is 2. The van der Waals surface area contributed by atoms with Gasteiger partial charge in [-0.3, -0.25) is 9.78 Å². The van der Waals surface area contributed by atoms with E-state index in [0.717, 1.165) is 28.1 Å². The summed E-state index contributed by atoms with van der Waals surface area (Å²) in [6, 6.07) is 16.9. The summed E-state index contributed by atoms with van der Waals surface area (Å²) in [5.41, 5.74) is 4.99. The third-order valence-electron chi connectivity index (χ3n) is 5.51. The van der Waals surface area contributed by atoms with Gasteiger partial charge in [0.15, 0.2) is 11.5 Å². The molecule has 0 unspecified atom stereocenters. The summed E-state index contributed by atoms with van der Waals surface area (Å²) in [4.78, 5) is 25.8. The fourth-order valence-electron chi connectivity index (χ4n) is 3.57. The molecule has 8 heteroatoms. The molecule has 0 aliphatic rings. The van der Waals surface area contributed by atoms with E-state index in [9.17, 15) is 4.79 Å². The van der Waals surface area contributed by atoms with Gasteiger partial charge in [-0.2, -0.15) is 0 Å². The van der Waals surface area contributed by atoms with Gasteiger partial charge in [-0.05, 0) is 66.9 Å². The molecule has 4 aromatic rings. The molecule has 2 aromatic heterocycles. The van der Waals surface area contributed by atoms with E-state index in [1.165, 1.54) is 0 Å². The lowest BCUT2D eigenvalue weighted by atomic mass is 10.1. The molecule has 1 amide bonds. The van der Waals surface area contributed by atoms with Crippen molar-refractivity contribution in [1.82, 2.24) is 20.3 Å². The Balaban J connectivity index is 1.41. The maximum absolute atomic E-state index is 12.8. The molecule has 2 aromatic carbocycles. The summed E-state index contributed by atoms with van der Waals surface area (Å²) < 4.78 is 10.6. The molecular weight excluding hydrogens is 442 g/mol. The van der Waals surface area contributed by atoms with E-state index in [4.69, 9.17) is 9.47 Å². The minimum absolute atomic E-state index is 0.154. The van der Waals surface area contributed by atoms with Gasteiger partial charge in [-0.25, -0.2) is 9.97 Å². The standard InChI is InChI=1S/C27H27N5O3/c1-18-6-8-20(26(33)29-13-10-19-7-9-24(34-2)25(15-19)35-3)16-23(18)32-27-30-14-11-22(31-27)21-5-4-12-28-17-21/h4-9,11-12,14-17H,10,13H2,1-3H3,(H,29,33)(H,30,31,32). The van der Waals surface area contributed by atoms with Gasteiger partial charge < -0.3 is 20.1 Å². The molecule has 8 nitrogen and oxygen atoms in total. The summed E-state index contributed by atoms with van der Waals surface area (Å²) in [6.07, 6.45) is 5.83. The number of pyridine rings is 1. The van der Waals surface area contributed by atoms with Crippen LogP contribution < -0.4 is 20.1 Å². The predicted octanol–water partition coefficient (Wildman–Crippen LogP) is 4.58. The van der Waals surface area contributed by atoms with Crippen molar-refractivity contribution in [1.29, 1.82) is 0 Å². The van der Waals surface area contributed by atoms with Gasteiger partial charge >= 0.3 is 0 Å². The highest BCUT2D eigenvalue weighted by molar-refractivity contribution is 5.95. The third kappa shape index (κ3) is 5.92. The van der Waals surface area contributed by atoms with Gasteiger partial charge in [-0.15, -0.1) is 0 Å². The molecule has 0 spiro atoms. The van der Waals surface area contributed by atoms with Crippen LogP contribution in [-0.2, 0) is 6.42 Å². The van der Waals surface area contributed by atoms with Crippen LogP contribution in [-0.4, -0.2) is 41.6 Å². The van der Waals surface area contributed by atoms with Crippen LogP contribution in [0.2, 0.25) is 0 Å². The van der Waals surface area contributed by atoms with Gasteiger partial charge in [0.25, 0.3) is 5.91 Å². The first-order valence-corrected chi connectivity index (χ1v) is 11.2. The van der Waals surface area contributed by atoms with Crippen molar-refractivity contribution in [3.63, 3.8) is 0 Å². The highest BCUT2D eigenvalue weighted by atomic mass is 16.5. The van der Waals surface area contributed by atoms with E-state index in [1.807, 2.05) is 49.4 Å². The molecule has 0 saturated heterocycles. The molecule has 0 atom stereocenters. The van der Waals surface area contributed by atoms with Crippen molar-refractivity contribution < 1.29 is 14.3 Å². The summed E-state index contributed by atoms with van der Waals surface area (Å²) in [5, 5.41) is 6.21. The second-order valence-corrected chi connectivity index (χ2v) is 7.86. The number of nitrogens with zero attached hydrogens (tertiary/aromatic N) is 3. The van der Waals surface area contributed by atoms with Crippen LogP contribution in [0, 0.1) is 6.92 Å². The number of carbonyl (C=O) groups is 1. The highest BCUT2D eigenvalue weighted by Gasteiger charge is 2.11. The van der Waals surface area contributed by atoms with Gasteiger partial charge in [0.1, 0.15) is 0 Å². The lowest BCUT2D eigenvalue weighted by molar-refractivity contribution is 0.0954. The van der Waals surface area contributed by atoms with E-state index < -0.39 is 0 Å². The average Bonchev–Trinajstić information content (AvgIpc) is 2.90. The number of hydrogen-bond donors (Lipinski definition) is 2. The third-order valence-corrected chi connectivity index (χ3v) is 5.51. The number of hydrogen-bond acceptors (Lipinski definition) is 7. The Hall–Kier alpha value is -4.46. The van der Waals surface area contributed by atoms with E-state index >= 15 is 0 Å². The van der Waals surface area contributed by atoms with Gasteiger partial charge in [0, 0.05) is 41.9 Å². The number of nitrogens with one attached hydrogen (secondary N) is 2. The van der Waals surface area contributed by atoms with E-state index in [1.54, 1.807) is 44.9 Å². The Bertz CT molecular complexity index is 1310. The monoisotopic (exact) mass is 469 g/mol. The first-order valence-electron chi connectivity index (χ1n) is 11.2. The molecule has 0 fully saturated rings. The summed E-state index contributed by atoms with van der Waals surface area (Å²) in [6.45, 7) is 2.45. The fraction of sp³-hybridized carbons (Fsp3) is 0.185. The normalized spacial score (nSPS) is 10.5. The maximum Gasteiger partial charge on any atom is 0.251 e. The minimum Gasteiger partial charge on any atom is -0.493 e. The van der Waals surface area contributed by atoms with Crippen molar-refractivity contribution in [2.45, 2.75) is 13.3 Å². The van der Waals surface area contributed by atoms with Crippen LogP contribution in [0.4, 0.5) is 11.6 Å². The zero-order valence-corrected chi connectivity index (χ0v) is 19.9. The molecule has 0 bridgehead atoms. The Morgan fingerprint density at radius 2 is 1.83 bits per heavy atom. The molecule has 35 heavy (non-hydrogen) atoms. The molecule has 2 heterocycles. The number of rotatable bonds is 9. The van der Waals surface area contributed by atoms with Crippen molar-refractivity contribution in [2.75, 3.05) is 26.1 Å². The number of benzene rings is 2. The molecule has 0 radical (unpaired) electrons.